The summed E-state index contributed by atoms with van der Waals surface area (Å²) in [5, 5.41) is 19.2. The number of para-hydroxylation sites is 2. The first kappa shape index (κ1) is 80.0. The fourth-order valence-electron chi connectivity index (χ4n) is 18.2. The summed E-state index contributed by atoms with van der Waals surface area (Å²) in [6.07, 6.45) is 0. The van der Waals surface area contributed by atoms with Gasteiger partial charge in [-0.15, -0.1) is 0 Å². The molecule has 0 atom stereocenters. The van der Waals surface area contributed by atoms with Crippen molar-refractivity contribution in [2.75, 3.05) is 10.2 Å². The molecular formula is C120H87BrN2O2Si2. The van der Waals surface area contributed by atoms with Gasteiger partial charge in [-0.1, -0.05) is 428 Å². The second-order valence-electron chi connectivity index (χ2n) is 32.0. The zero-order valence-corrected chi connectivity index (χ0v) is 73.4. The molecule has 0 aliphatic heterocycles. The second-order valence-corrected chi connectivity index (χ2v) is 40.5. The monoisotopic (exact) mass is 1720 g/mol. The van der Waals surface area contributed by atoms with E-state index >= 15 is 0 Å². The lowest BCUT2D eigenvalue weighted by atomic mass is 10.0. The number of furan rings is 2. The van der Waals surface area contributed by atoms with E-state index in [0.29, 0.717) is 0 Å². The third-order valence-corrected chi connectivity index (χ3v) is 34.6. The molecule has 0 radical (unpaired) electrons. The summed E-state index contributed by atoms with van der Waals surface area (Å²) in [6, 6.07) is 188. The lowest BCUT2D eigenvalue weighted by Gasteiger charge is -2.34. The van der Waals surface area contributed by atoms with Crippen molar-refractivity contribution in [1.82, 2.24) is 0 Å². The van der Waals surface area contributed by atoms with Gasteiger partial charge in [-0.2, -0.15) is 0 Å². The molecule has 1 N–H and O–H groups in total. The lowest BCUT2D eigenvalue weighted by Crippen LogP contribution is -2.74. The number of hydrogen-bond donors (Lipinski definition) is 1. The zero-order valence-electron chi connectivity index (χ0n) is 69.8. The van der Waals surface area contributed by atoms with E-state index in [9.17, 15) is 0 Å². The molecule has 0 fully saturated rings. The Morgan fingerprint density at radius 2 is 0.378 bits per heavy atom. The van der Waals surface area contributed by atoms with Crippen LogP contribution >= 0.6 is 15.9 Å². The van der Waals surface area contributed by atoms with Crippen molar-refractivity contribution in [2.24, 2.45) is 0 Å². The van der Waals surface area contributed by atoms with Crippen molar-refractivity contribution in [3.05, 3.63) is 526 Å². The maximum absolute atomic E-state index is 6.13. The van der Waals surface area contributed by atoms with Gasteiger partial charge in [0.05, 0.1) is 0 Å². The molecule has 22 aromatic rings. The van der Waals surface area contributed by atoms with Crippen LogP contribution in [0, 0.1) is 0 Å². The third-order valence-electron chi connectivity index (χ3n) is 24.5. The number of fused-ring (bicyclic) bond motifs is 6. The highest BCUT2D eigenvalue weighted by Crippen LogP contribution is 2.41. The molecule has 0 aliphatic carbocycles. The third kappa shape index (κ3) is 16.5. The summed E-state index contributed by atoms with van der Waals surface area (Å²) in [5.41, 5.74) is 23.4. The SMILES string of the molecule is Brc1ccc(-c2ccc3oc4ccccc4c3c2)cc1.c1ccc(-c2ccc(N(c3ccc(-c4ccc([Si](c5ccccc5)(c5ccccc5)c5ccccc5)cc4)cc3)c3ccc(-c4ccc5oc6ccccc6c5c4)cc3)cc2)cc1.c1ccc(-c2ccc(Nc3ccc(-c4ccc([Si](c5ccccc5)(c5ccccc5)c5ccccc5)cc4)cc3)cc2)cc1. The maximum atomic E-state index is 6.13. The normalized spacial score (nSPS) is 11.3. The van der Waals surface area contributed by atoms with Crippen LogP contribution in [-0.2, 0) is 0 Å². The molecule has 20 aromatic carbocycles. The van der Waals surface area contributed by atoms with E-state index < -0.39 is 16.1 Å². The van der Waals surface area contributed by atoms with Crippen LogP contribution in [0.25, 0.3) is 111 Å². The van der Waals surface area contributed by atoms with Crippen molar-refractivity contribution < 1.29 is 8.83 Å². The molecule has 7 heteroatoms. The van der Waals surface area contributed by atoms with Crippen molar-refractivity contribution in [3.63, 3.8) is 0 Å². The Labute approximate surface area is 752 Å². The Morgan fingerprint density at radius 1 is 0.173 bits per heavy atom. The molecule has 22 rings (SSSR count). The predicted molar refractivity (Wildman–Crippen MR) is 546 cm³/mol. The van der Waals surface area contributed by atoms with Crippen molar-refractivity contribution in [2.45, 2.75) is 0 Å². The molecular weight excluding hydrogens is 1640 g/mol. The molecule has 0 spiro atoms. The Morgan fingerprint density at radius 3 is 0.669 bits per heavy atom. The van der Waals surface area contributed by atoms with Gasteiger partial charge in [0.2, 0.25) is 0 Å². The molecule has 0 bridgehead atoms. The first-order valence-corrected chi connectivity index (χ1v) is 48.0. The summed E-state index contributed by atoms with van der Waals surface area (Å²) in [4.78, 5) is 2.34. The van der Waals surface area contributed by atoms with E-state index in [0.717, 1.165) is 77.1 Å². The average molecular weight is 1730 g/mol. The summed E-state index contributed by atoms with van der Waals surface area (Å²) < 4.78 is 13.1. The van der Waals surface area contributed by atoms with Crippen LogP contribution in [0.5, 0.6) is 0 Å². The lowest BCUT2D eigenvalue weighted by molar-refractivity contribution is 0.668. The van der Waals surface area contributed by atoms with E-state index in [1.54, 1.807) is 0 Å². The van der Waals surface area contributed by atoms with Gasteiger partial charge < -0.3 is 19.1 Å². The van der Waals surface area contributed by atoms with E-state index in [2.05, 4.69) is 505 Å². The summed E-state index contributed by atoms with van der Waals surface area (Å²) in [7, 11) is -5.12. The number of halogens is 1. The van der Waals surface area contributed by atoms with Gasteiger partial charge in [0.1, 0.15) is 22.3 Å². The topological polar surface area (TPSA) is 41.6 Å². The minimum Gasteiger partial charge on any atom is -0.456 e. The molecule has 0 saturated carbocycles. The first-order valence-electron chi connectivity index (χ1n) is 43.2. The fraction of sp³-hybridized carbons (Fsp3) is 0. The van der Waals surface area contributed by atoms with E-state index in [1.165, 1.54) is 108 Å². The van der Waals surface area contributed by atoms with Crippen molar-refractivity contribution in [3.8, 4) is 66.8 Å². The number of hydrogen-bond acceptors (Lipinski definition) is 4. The van der Waals surface area contributed by atoms with Gasteiger partial charge >= 0.3 is 0 Å². The molecule has 604 valence electrons. The van der Waals surface area contributed by atoms with Gasteiger partial charge in [-0.05, 0) is 217 Å². The van der Waals surface area contributed by atoms with Gasteiger partial charge in [-0.25, -0.2) is 0 Å². The van der Waals surface area contributed by atoms with Gasteiger partial charge in [0.15, 0.2) is 16.1 Å². The Bertz CT molecular complexity index is 7230. The average Bonchev–Trinajstić information content (AvgIpc) is 1.69. The predicted octanol–water partition coefficient (Wildman–Crippen LogP) is 27.6. The molecule has 0 unspecified atom stereocenters. The quantitative estimate of drug-likeness (QED) is 0.0647. The highest BCUT2D eigenvalue weighted by molar-refractivity contribution is 9.10. The van der Waals surface area contributed by atoms with Crippen molar-refractivity contribution >= 4 is 146 Å². The van der Waals surface area contributed by atoms with E-state index in [4.69, 9.17) is 8.83 Å². The Hall–Kier alpha value is -15.5. The highest BCUT2D eigenvalue weighted by atomic mass is 79.9. The maximum Gasteiger partial charge on any atom is 0.179 e. The second kappa shape index (κ2) is 36.5. The molecule has 127 heavy (non-hydrogen) atoms. The van der Waals surface area contributed by atoms with Crippen molar-refractivity contribution in [1.29, 1.82) is 0 Å². The molecule has 2 heterocycles. The number of anilines is 5. The molecule has 0 saturated heterocycles. The number of rotatable bonds is 19. The zero-order chi connectivity index (χ0) is 85.1. The van der Waals surface area contributed by atoms with Crippen LogP contribution in [0.2, 0.25) is 0 Å². The van der Waals surface area contributed by atoms with Gasteiger partial charge in [0, 0.05) is 54.5 Å². The van der Waals surface area contributed by atoms with Gasteiger partial charge in [0.25, 0.3) is 0 Å². The van der Waals surface area contributed by atoms with Crippen LogP contribution in [0.15, 0.2) is 535 Å². The highest BCUT2D eigenvalue weighted by Gasteiger charge is 2.43. The standard InChI is InChI=1S/C60H43NOSi.C42H33NSi.C18H11BrO/c1-5-15-44(16-6-1)45-25-34-50(35-26-45)61(52-38-29-48(30-39-52)49-33-42-60-58(43-49)57-23-13-14-24-59(57)62-60)51-36-27-46(28-37-51)47-31-40-56(41-32-47)63(53-17-7-2-8-18-53,54-19-9-3-10-20-54)55-21-11-4-12-22-55;1-5-13-33(14-6-1)34-21-27-37(28-22-34)43-38-29-23-35(24-30-38)36-25-31-42(32-26-36)44(39-15-7-2-8-16-39,40-17-9-3-10-18-40)41-19-11-4-12-20-41;19-14-8-5-12(6-9-14)13-7-10-18-16(11-13)15-3-1-2-4-17(15)20-18/h1-43H;1-32,43H;1-11H. The smallest absolute Gasteiger partial charge is 0.179 e. The minimum absolute atomic E-state index is 0.905. The van der Waals surface area contributed by atoms with E-state index in [-0.39, 0.29) is 0 Å². The summed E-state index contributed by atoms with van der Waals surface area (Å²) in [5.74, 6) is 0. The number of nitrogens with one attached hydrogen (secondary N) is 1. The number of nitrogens with zero attached hydrogens (tertiary/aromatic N) is 1. The van der Waals surface area contributed by atoms with Crippen LogP contribution in [0.3, 0.4) is 0 Å². The Balaban J connectivity index is 0.000000136. The van der Waals surface area contributed by atoms with Gasteiger partial charge in [-0.3, -0.25) is 0 Å². The van der Waals surface area contributed by atoms with Crippen LogP contribution in [0.1, 0.15) is 0 Å². The minimum atomic E-state index is -2.61. The first-order chi connectivity index (χ1) is 62.8. The van der Waals surface area contributed by atoms with Crippen LogP contribution < -0.4 is 51.7 Å². The number of benzene rings is 20. The molecule has 4 nitrogen and oxygen atoms in total. The molecule has 2 aromatic heterocycles. The Kier molecular flexibility index (Phi) is 23.0. The largest absolute Gasteiger partial charge is 0.456 e. The van der Waals surface area contributed by atoms with Crippen LogP contribution in [0.4, 0.5) is 28.4 Å². The summed E-state index contributed by atoms with van der Waals surface area (Å²) in [6.45, 7) is 0. The molecule has 0 aliphatic rings. The summed E-state index contributed by atoms with van der Waals surface area (Å²) >= 11 is 3.47. The van der Waals surface area contributed by atoms with E-state index in [1.807, 2.05) is 42.5 Å². The molecule has 0 amide bonds. The van der Waals surface area contributed by atoms with Crippen LogP contribution in [-0.4, -0.2) is 16.1 Å². The fourth-order valence-corrected chi connectivity index (χ4v) is 27.9.